The van der Waals surface area contributed by atoms with E-state index in [0.29, 0.717) is 24.9 Å². The summed E-state index contributed by atoms with van der Waals surface area (Å²) < 4.78 is 38.1. The van der Waals surface area contributed by atoms with Crippen LogP contribution in [0.2, 0.25) is 0 Å². The summed E-state index contributed by atoms with van der Waals surface area (Å²) in [5.74, 6) is -3.49. The minimum absolute atomic E-state index is 0.0826. The van der Waals surface area contributed by atoms with E-state index in [1.165, 1.54) is 7.11 Å². The van der Waals surface area contributed by atoms with Gasteiger partial charge in [0.1, 0.15) is 23.9 Å². The molecular formula is C39H57NO11. The Bertz CT molecular complexity index is 1450. The van der Waals surface area contributed by atoms with Crippen LogP contribution in [0.5, 0.6) is 0 Å². The Balaban J connectivity index is 1.45. The van der Waals surface area contributed by atoms with Crippen LogP contribution in [0.4, 0.5) is 0 Å². The molecule has 3 N–H and O–H groups in total. The predicted molar refractivity (Wildman–Crippen MR) is 184 cm³/mol. The molecule has 0 amide bonds. The number of piperidine rings is 1. The fourth-order valence-corrected chi connectivity index (χ4v) is 13.1. The van der Waals surface area contributed by atoms with Gasteiger partial charge in [-0.3, -0.25) is 4.79 Å². The monoisotopic (exact) mass is 715 g/mol. The summed E-state index contributed by atoms with van der Waals surface area (Å²) in [6, 6.07) is 8.24. The second-order valence-corrected chi connectivity index (χ2v) is 16.3. The van der Waals surface area contributed by atoms with Gasteiger partial charge in [0.25, 0.3) is 0 Å². The van der Waals surface area contributed by atoms with Crippen LogP contribution in [0.15, 0.2) is 30.3 Å². The fourth-order valence-electron chi connectivity index (χ4n) is 13.1. The third-order valence-electron chi connectivity index (χ3n) is 14.3. The number of benzene rings is 1. The SMILES string of the molecule is CCCCCCCC(=O)O[C@]12[C@H]3[C@@H](OC(=O)c4ccccc4)[C@](O)(C[C@H]3[C@@]34C5[C@@H]1[C@H](OC)[C@@H]3[C@](COC)(CN5C)[C@H](O)C[C@@H]4OC)[C@@H](OC)[C@@H]2O. The minimum atomic E-state index is -1.84. The van der Waals surface area contributed by atoms with Gasteiger partial charge >= 0.3 is 11.9 Å². The number of likely N-dealkylation sites (tertiary alicyclic amines) is 1. The van der Waals surface area contributed by atoms with Crippen molar-refractivity contribution in [3.8, 4) is 0 Å². The molecule has 5 saturated carbocycles. The van der Waals surface area contributed by atoms with Crippen LogP contribution >= 0.6 is 0 Å². The molecular weight excluding hydrogens is 658 g/mol. The van der Waals surface area contributed by atoms with Crippen molar-refractivity contribution >= 4 is 11.9 Å². The molecule has 284 valence electrons. The number of aliphatic hydroxyl groups excluding tert-OH is 2. The molecule has 1 aliphatic heterocycles. The van der Waals surface area contributed by atoms with Crippen molar-refractivity contribution in [2.24, 2.45) is 34.5 Å². The zero-order chi connectivity index (χ0) is 36.5. The first-order valence-corrected chi connectivity index (χ1v) is 18.8. The van der Waals surface area contributed by atoms with E-state index < -0.39 is 88.3 Å². The average molecular weight is 716 g/mol. The summed E-state index contributed by atoms with van der Waals surface area (Å²) in [5, 5.41) is 37.8. The van der Waals surface area contributed by atoms with Crippen molar-refractivity contribution in [2.75, 3.05) is 48.6 Å². The molecule has 1 saturated heterocycles. The van der Waals surface area contributed by atoms with Gasteiger partial charge in [-0.05, 0) is 37.9 Å². The number of aliphatic hydroxyl groups is 3. The first-order valence-electron chi connectivity index (χ1n) is 18.8. The lowest BCUT2D eigenvalue weighted by molar-refractivity contribution is -0.321. The molecule has 0 aromatic heterocycles. The molecule has 12 nitrogen and oxygen atoms in total. The van der Waals surface area contributed by atoms with Gasteiger partial charge in [0.15, 0.2) is 5.60 Å². The molecule has 51 heavy (non-hydrogen) atoms. The molecule has 12 heteroatoms. The Morgan fingerprint density at radius 1 is 0.941 bits per heavy atom. The zero-order valence-corrected chi connectivity index (χ0v) is 30.9. The number of ether oxygens (including phenoxy) is 6. The maximum absolute atomic E-state index is 14.2. The Hall–Kier alpha value is -2.16. The van der Waals surface area contributed by atoms with Crippen molar-refractivity contribution in [1.82, 2.24) is 4.90 Å². The smallest absolute Gasteiger partial charge is 0.338 e. The third-order valence-corrected chi connectivity index (χ3v) is 14.3. The molecule has 5 aliphatic carbocycles. The van der Waals surface area contributed by atoms with E-state index in [1.54, 1.807) is 51.7 Å². The second-order valence-electron chi connectivity index (χ2n) is 16.3. The Kier molecular flexibility index (Phi) is 9.91. The van der Waals surface area contributed by atoms with Crippen molar-refractivity contribution in [1.29, 1.82) is 0 Å². The fraction of sp³-hybridized carbons (Fsp3) is 0.795. The van der Waals surface area contributed by atoms with Crippen molar-refractivity contribution in [3.63, 3.8) is 0 Å². The highest BCUT2D eigenvalue weighted by atomic mass is 16.6. The molecule has 6 fully saturated rings. The lowest BCUT2D eigenvalue weighted by Gasteiger charge is -2.70. The van der Waals surface area contributed by atoms with Crippen molar-refractivity contribution in [2.45, 2.75) is 112 Å². The van der Waals surface area contributed by atoms with Gasteiger partial charge in [-0.2, -0.15) is 0 Å². The lowest BCUT2D eigenvalue weighted by atomic mass is 9.42. The van der Waals surface area contributed by atoms with Crippen molar-refractivity contribution < 1.29 is 53.3 Å². The number of methoxy groups -OCH3 is 4. The van der Waals surface area contributed by atoms with E-state index in [-0.39, 0.29) is 31.4 Å². The highest BCUT2D eigenvalue weighted by molar-refractivity contribution is 5.89. The minimum Gasteiger partial charge on any atom is -0.455 e. The van der Waals surface area contributed by atoms with E-state index in [2.05, 4.69) is 11.8 Å². The van der Waals surface area contributed by atoms with Crippen LogP contribution in [0.1, 0.15) is 68.6 Å². The molecule has 1 aromatic rings. The number of nitrogens with zero attached hydrogens (tertiary/aromatic N) is 1. The van der Waals surface area contributed by atoms with Gasteiger partial charge in [-0.15, -0.1) is 0 Å². The highest BCUT2D eigenvalue weighted by Crippen LogP contribution is 2.80. The summed E-state index contributed by atoms with van der Waals surface area (Å²) in [7, 11) is 8.33. The van der Waals surface area contributed by atoms with E-state index in [9.17, 15) is 24.9 Å². The largest absolute Gasteiger partial charge is 0.455 e. The maximum atomic E-state index is 14.2. The summed E-state index contributed by atoms with van der Waals surface area (Å²) in [5.41, 5.74) is -4.81. The van der Waals surface area contributed by atoms with Crippen LogP contribution < -0.4 is 0 Å². The first kappa shape index (κ1) is 37.2. The van der Waals surface area contributed by atoms with E-state index in [0.717, 1.165) is 25.7 Å². The number of hydrogen-bond acceptors (Lipinski definition) is 12. The second kappa shape index (κ2) is 13.6. The van der Waals surface area contributed by atoms with Crippen LogP contribution in [-0.4, -0.2) is 135 Å². The third kappa shape index (κ3) is 4.86. The van der Waals surface area contributed by atoms with Crippen LogP contribution in [-0.2, 0) is 33.2 Å². The van der Waals surface area contributed by atoms with E-state index >= 15 is 0 Å². The van der Waals surface area contributed by atoms with Gasteiger partial charge in [0.2, 0.25) is 0 Å². The number of esters is 2. The molecule has 1 unspecified atom stereocenters. The number of carbonyl (C=O) groups excluding carboxylic acids is 2. The quantitative estimate of drug-likeness (QED) is 0.192. The predicted octanol–water partition coefficient (Wildman–Crippen LogP) is 2.60. The van der Waals surface area contributed by atoms with Gasteiger partial charge in [-0.1, -0.05) is 50.8 Å². The van der Waals surface area contributed by atoms with Crippen LogP contribution in [0.25, 0.3) is 0 Å². The summed E-state index contributed by atoms with van der Waals surface area (Å²) in [6.45, 7) is 2.86. The molecule has 1 heterocycles. The topological polar surface area (TPSA) is 153 Å². The first-order chi connectivity index (χ1) is 24.5. The van der Waals surface area contributed by atoms with Crippen LogP contribution in [0.3, 0.4) is 0 Å². The van der Waals surface area contributed by atoms with Crippen molar-refractivity contribution in [3.05, 3.63) is 35.9 Å². The van der Waals surface area contributed by atoms with Crippen LogP contribution in [0, 0.1) is 34.5 Å². The Labute approximate surface area is 301 Å². The molecule has 7 rings (SSSR count). The normalized spacial score (nSPS) is 46.2. The van der Waals surface area contributed by atoms with E-state index in [4.69, 9.17) is 28.4 Å². The summed E-state index contributed by atoms with van der Waals surface area (Å²) in [4.78, 5) is 30.3. The summed E-state index contributed by atoms with van der Waals surface area (Å²) >= 11 is 0. The maximum Gasteiger partial charge on any atom is 0.338 e. The zero-order valence-electron chi connectivity index (χ0n) is 30.9. The molecule has 7 bridgehead atoms. The van der Waals surface area contributed by atoms with Gasteiger partial charge in [0, 0.05) is 82.5 Å². The molecule has 1 aromatic carbocycles. The number of carbonyl (C=O) groups is 2. The Morgan fingerprint density at radius 2 is 1.67 bits per heavy atom. The molecule has 15 atom stereocenters. The number of hydrogen-bond donors (Lipinski definition) is 3. The molecule has 6 aliphatic rings. The number of rotatable bonds is 14. The van der Waals surface area contributed by atoms with Gasteiger partial charge in [-0.25, -0.2) is 4.79 Å². The summed E-state index contributed by atoms with van der Waals surface area (Å²) in [6.07, 6.45) is -0.686. The average Bonchev–Trinajstić information content (AvgIpc) is 3.51. The lowest BCUT2D eigenvalue weighted by Crippen LogP contribution is -2.81. The molecule has 0 radical (unpaired) electrons. The van der Waals surface area contributed by atoms with Gasteiger partial charge in [0.05, 0.1) is 30.5 Å². The Morgan fingerprint density at radius 3 is 2.31 bits per heavy atom. The number of unbranched alkanes of at least 4 members (excludes halogenated alkanes) is 4. The van der Waals surface area contributed by atoms with Gasteiger partial charge < -0.3 is 48.6 Å². The van der Waals surface area contributed by atoms with E-state index in [1.807, 2.05) is 7.05 Å². The highest BCUT2D eigenvalue weighted by Gasteiger charge is 2.92. The number of fused-ring (bicyclic) bond motifs is 2. The molecule has 1 spiro atoms. The standard InChI is InChI=1S/C39H57NO11/c1-7-8-9-10-14-17-26(42)51-39-27-23(19-37(45,34(49-6)32(39)43)33(27)50-35(44)22-15-12-11-13-16-22)38-25(47-4)18-24(41)36(21-46-3)20-40(2)31(38)28(39)29(48-5)30(36)38/h11-13,15-16,23-25,27-34,41,43,45H,7-10,14,17-21H2,1-6H3/t23-,24-,25+,27-,28+,29+,30-,31?,32+,33-,34+,36+,37-,38+,39-/m1/s1.